The maximum atomic E-state index is 11.8. The van der Waals surface area contributed by atoms with Crippen molar-refractivity contribution in [1.82, 2.24) is 0 Å². The lowest BCUT2D eigenvalue weighted by molar-refractivity contribution is -0.133. The largest absolute Gasteiger partial charge is 0.299 e. The fraction of sp³-hybridized carbons (Fsp3) is 0.385. The lowest BCUT2D eigenvalue weighted by atomic mass is 9.80. The molecule has 0 spiro atoms. The molecule has 16 heavy (non-hydrogen) atoms. The smallest absolute Gasteiger partial charge is 0.146 e. The van der Waals surface area contributed by atoms with Crippen LogP contribution in [0.5, 0.6) is 0 Å². The van der Waals surface area contributed by atoms with E-state index in [1.54, 1.807) is 13.0 Å². The van der Waals surface area contributed by atoms with Crippen molar-refractivity contribution in [3.05, 3.63) is 34.9 Å². The van der Waals surface area contributed by atoms with Gasteiger partial charge in [-0.25, -0.2) is 0 Å². The summed E-state index contributed by atoms with van der Waals surface area (Å²) in [7, 11) is 0. The van der Waals surface area contributed by atoms with E-state index in [4.69, 9.17) is 11.6 Å². The fourth-order valence-corrected chi connectivity index (χ4v) is 2.36. The van der Waals surface area contributed by atoms with Crippen LogP contribution in [0.2, 0.25) is 5.02 Å². The molecule has 0 amide bonds. The predicted molar refractivity (Wildman–Crippen MR) is 62.5 cm³/mol. The van der Waals surface area contributed by atoms with Crippen molar-refractivity contribution in [1.29, 1.82) is 0 Å². The number of halogens is 1. The van der Waals surface area contributed by atoms with E-state index >= 15 is 0 Å². The molecule has 0 N–H and O–H groups in total. The number of carbonyl (C=O) groups excluding carboxylic acids is 2. The number of Topliss-reactive ketones (excluding diaryl/α,β-unsaturated/α-hetero) is 2. The van der Waals surface area contributed by atoms with Crippen LogP contribution in [0.1, 0.15) is 25.3 Å². The van der Waals surface area contributed by atoms with Crippen molar-refractivity contribution < 1.29 is 9.59 Å². The summed E-state index contributed by atoms with van der Waals surface area (Å²) < 4.78 is 0. The average Bonchev–Trinajstić information content (AvgIpc) is 2.50. The zero-order valence-electron chi connectivity index (χ0n) is 9.13. The van der Waals surface area contributed by atoms with E-state index in [2.05, 4.69) is 0 Å². The molecule has 0 atom stereocenters. The molecule has 2 rings (SSSR count). The van der Waals surface area contributed by atoms with Crippen LogP contribution in [0.4, 0.5) is 0 Å². The molecule has 0 bridgehead atoms. The van der Waals surface area contributed by atoms with Gasteiger partial charge in [0.05, 0.1) is 5.41 Å². The Hall–Kier alpha value is -1.15. The average molecular weight is 237 g/mol. The maximum Gasteiger partial charge on any atom is 0.146 e. The van der Waals surface area contributed by atoms with Crippen molar-refractivity contribution in [2.24, 2.45) is 5.41 Å². The molecule has 1 aliphatic rings. The molecular weight excluding hydrogens is 224 g/mol. The first-order valence-corrected chi connectivity index (χ1v) is 5.72. The second-order valence-corrected chi connectivity index (χ2v) is 4.85. The summed E-state index contributed by atoms with van der Waals surface area (Å²) in [6.07, 6.45) is 1.17. The lowest BCUT2D eigenvalue weighted by Crippen LogP contribution is -2.31. The highest BCUT2D eigenvalue weighted by Gasteiger charge is 2.45. The van der Waals surface area contributed by atoms with Crippen molar-refractivity contribution in [3.63, 3.8) is 0 Å². The number of benzene rings is 1. The summed E-state index contributed by atoms with van der Waals surface area (Å²) in [5.74, 6) is 0.0786. The molecule has 1 aliphatic carbocycles. The van der Waals surface area contributed by atoms with Gasteiger partial charge in [0.1, 0.15) is 11.6 Å². The maximum absolute atomic E-state index is 11.8. The van der Waals surface area contributed by atoms with Crippen molar-refractivity contribution in [3.8, 4) is 0 Å². The highest BCUT2D eigenvalue weighted by molar-refractivity contribution is 6.31. The van der Waals surface area contributed by atoms with Gasteiger partial charge in [0.25, 0.3) is 0 Å². The molecule has 0 saturated heterocycles. The Labute approximate surface area is 99.6 Å². The van der Waals surface area contributed by atoms with Crippen LogP contribution < -0.4 is 0 Å². The molecule has 0 heterocycles. The minimum Gasteiger partial charge on any atom is -0.299 e. The van der Waals surface area contributed by atoms with Gasteiger partial charge >= 0.3 is 0 Å². The molecule has 1 aromatic rings. The summed E-state index contributed by atoms with van der Waals surface area (Å²) >= 11 is 6.04. The van der Waals surface area contributed by atoms with Crippen molar-refractivity contribution in [2.75, 3.05) is 0 Å². The van der Waals surface area contributed by atoms with Gasteiger partial charge in [-0.15, -0.1) is 0 Å². The van der Waals surface area contributed by atoms with E-state index in [0.717, 1.165) is 5.56 Å². The van der Waals surface area contributed by atoms with Crippen LogP contribution in [0.25, 0.3) is 0 Å². The standard InChI is InChI=1S/C13H13ClO2/c1-13(11(15)6-7-12(13)16)8-9-4-2-3-5-10(9)14/h2-5H,6-8H2,1H3. The second-order valence-electron chi connectivity index (χ2n) is 4.45. The number of ketones is 2. The quantitative estimate of drug-likeness (QED) is 0.740. The summed E-state index contributed by atoms with van der Waals surface area (Å²) in [5, 5.41) is 0.622. The minimum absolute atomic E-state index is 0.0393. The Kier molecular flexibility index (Phi) is 2.85. The minimum atomic E-state index is -0.856. The van der Waals surface area contributed by atoms with Crippen LogP contribution in [0, 0.1) is 5.41 Å². The van der Waals surface area contributed by atoms with E-state index in [0.29, 0.717) is 24.3 Å². The third kappa shape index (κ3) is 1.78. The van der Waals surface area contributed by atoms with Crippen LogP contribution in [0.3, 0.4) is 0 Å². The van der Waals surface area contributed by atoms with Crippen LogP contribution >= 0.6 is 11.6 Å². The lowest BCUT2D eigenvalue weighted by Gasteiger charge is -2.20. The molecule has 1 fully saturated rings. The number of carbonyl (C=O) groups is 2. The Balaban J connectivity index is 2.31. The summed E-state index contributed by atoms with van der Waals surface area (Å²) in [5.41, 5.74) is 0.0145. The Bertz CT molecular complexity index is 435. The van der Waals surface area contributed by atoms with Gasteiger partial charge in [0.15, 0.2) is 0 Å². The molecule has 3 heteroatoms. The first kappa shape index (κ1) is 11.3. The zero-order chi connectivity index (χ0) is 11.8. The molecule has 1 aromatic carbocycles. The molecule has 0 unspecified atom stereocenters. The Morgan fingerprint density at radius 1 is 1.19 bits per heavy atom. The van der Waals surface area contributed by atoms with E-state index in [9.17, 15) is 9.59 Å². The van der Waals surface area contributed by atoms with Crippen molar-refractivity contribution >= 4 is 23.2 Å². The first-order chi connectivity index (χ1) is 7.54. The monoisotopic (exact) mass is 236 g/mol. The van der Waals surface area contributed by atoms with Gasteiger partial charge in [-0.3, -0.25) is 9.59 Å². The van der Waals surface area contributed by atoms with Crippen LogP contribution in [-0.4, -0.2) is 11.6 Å². The first-order valence-electron chi connectivity index (χ1n) is 5.34. The number of rotatable bonds is 2. The molecule has 0 radical (unpaired) electrons. The molecular formula is C13H13ClO2. The molecule has 0 aromatic heterocycles. The predicted octanol–water partition coefficient (Wildman–Crippen LogP) is 2.82. The zero-order valence-corrected chi connectivity index (χ0v) is 9.88. The topological polar surface area (TPSA) is 34.1 Å². The fourth-order valence-electron chi connectivity index (χ4n) is 2.15. The van der Waals surface area contributed by atoms with E-state index in [1.165, 1.54) is 0 Å². The van der Waals surface area contributed by atoms with E-state index in [-0.39, 0.29) is 11.6 Å². The third-order valence-electron chi connectivity index (χ3n) is 3.31. The van der Waals surface area contributed by atoms with Crippen LogP contribution in [-0.2, 0) is 16.0 Å². The summed E-state index contributed by atoms with van der Waals surface area (Å²) in [4.78, 5) is 23.5. The van der Waals surface area contributed by atoms with Gasteiger partial charge in [-0.2, -0.15) is 0 Å². The van der Waals surface area contributed by atoms with Crippen LogP contribution in [0.15, 0.2) is 24.3 Å². The number of hydrogen-bond donors (Lipinski definition) is 0. The van der Waals surface area contributed by atoms with E-state index in [1.807, 2.05) is 18.2 Å². The molecule has 1 saturated carbocycles. The van der Waals surface area contributed by atoms with E-state index < -0.39 is 5.41 Å². The normalized spacial score (nSPS) is 19.1. The second kappa shape index (κ2) is 4.02. The Morgan fingerprint density at radius 3 is 2.31 bits per heavy atom. The highest BCUT2D eigenvalue weighted by atomic mass is 35.5. The van der Waals surface area contributed by atoms with Gasteiger partial charge in [0.2, 0.25) is 0 Å². The van der Waals surface area contributed by atoms with Gasteiger partial charge in [0, 0.05) is 17.9 Å². The summed E-state index contributed by atoms with van der Waals surface area (Å²) in [6.45, 7) is 1.73. The summed E-state index contributed by atoms with van der Waals surface area (Å²) in [6, 6.07) is 7.36. The SMILES string of the molecule is CC1(Cc2ccccc2Cl)C(=O)CCC1=O. The Morgan fingerprint density at radius 2 is 1.75 bits per heavy atom. The van der Waals surface area contributed by atoms with Crippen molar-refractivity contribution in [2.45, 2.75) is 26.2 Å². The number of hydrogen-bond acceptors (Lipinski definition) is 2. The third-order valence-corrected chi connectivity index (χ3v) is 3.68. The van der Waals surface area contributed by atoms with Gasteiger partial charge in [-0.05, 0) is 25.0 Å². The highest BCUT2D eigenvalue weighted by Crippen LogP contribution is 2.35. The molecule has 84 valence electrons. The van der Waals surface area contributed by atoms with Gasteiger partial charge < -0.3 is 0 Å². The molecule has 2 nitrogen and oxygen atoms in total. The molecule has 0 aliphatic heterocycles. The van der Waals surface area contributed by atoms with Gasteiger partial charge in [-0.1, -0.05) is 29.8 Å².